The topological polar surface area (TPSA) is 14.8 Å². The van der Waals surface area contributed by atoms with Gasteiger partial charge in [0.05, 0.1) is 38.8 Å². The Kier molecular flexibility index (Phi) is 5.38. The summed E-state index contributed by atoms with van der Waals surface area (Å²) in [5.41, 5.74) is 10.8. The highest BCUT2D eigenvalue weighted by Crippen LogP contribution is 2.43. The van der Waals surface area contributed by atoms with Gasteiger partial charge >= 0.3 is 0 Å². The monoisotopic (exact) mass is 623 g/mol. The predicted molar refractivity (Wildman–Crippen MR) is 207 cm³/mol. The lowest BCUT2D eigenvalue weighted by Gasteiger charge is -2.13. The minimum absolute atomic E-state index is 1.16. The molecule has 3 aromatic heterocycles. The van der Waals surface area contributed by atoms with Crippen molar-refractivity contribution < 1.29 is 0 Å². The Labute approximate surface area is 282 Å². The number of aromatic nitrogens is 3. The van der Waals surface area contributed by atoms with Crippen molar-refractivity contribution in [3.63, 3.8) is 0 Å². The summed E-state index contributed by atoms with van der Waals surface area (Å²) in [6, 6.07) is 64.2. The molecule has 3 heteroatoms. The first-order valence-electron chi connectivity index (χ1n) is 16.9. The van der Waals surface area contributed by atoms with Crippen molar-refractivity contribution in [2.75, 3.05) is 0 Å². The van der Waals surface area contributed by atoms with Crippen molar-refractivity contribution >= 4 is 76.2 Å². The van der Waals surface area contributed by atoms with Gasteiger partial charge in [-0.1, -0.05) is 115 Å². The minimum atomic E-state index is 1.16. The molecule has 0 aliphatic heterocycles. The second-order valence-corrected chi connectivity index (χ2v) is 12.9. The van der Waals surface area contributed by atoms with E-state index in [1.165, 1.54) is 87.6 Å². The number of fused-ring (bicyclic) bond motifs is 11. The molecule has 0 radical (unpaired) electrons. The van der Waals surface area contributed by atoms with E-state index < -0.39 is 0 Å². The van der Waals surface area contributed by atoms with Crippen molar-refractivity contribution in [3.8, 4) is 17.1 Å². The number of hydrogen-bond acceptors (Lipinski definition) is 0. The second-order valence-electron chi connectivity index (χ2n) is 12.9. The summed E-state index contributed by atoms with van der Waals surface area (Å²) in [5, 5.41) is 10.0. The molecule has 0 aliphatic carbocycles. The fraction of sp³-hybridized carbons (Fsp3) is 0. The smallest absolute Gasteiger partial charge is 0.0641 e. The van der Waals surface area contributed by atoms with Gasteiger partial charge in [0.2, 0.25) is 0 Å². The average Bonchev–Trinajstić information content (AvgIpc) is 3.80. The Morgan fingerprint density at radius 2 is 0.857 bits per heavy atom. The van der Waals surface area contributed by atoms with E-state index >= 15 is 0 Å². The van der Waals surface area contributed by atoms with Gasteiger partial charge in [-0.25, -0.2) is 0 Å². The maximum absolute atomic E-state index is 2.50. The van der Waals surface area contributed by atoms with E-state index in [1.807, 2.05) is 0 Å². The van der Waals surface area contributed by atoms with Crippen molar-refractivity contribution in [2.24, 2.45) is 0 Å². The quantitative estimate of drug-likeness (QED) is 0.186. The van der Waals surface area contributed by atoms with Crippen LogP contribution in [0.4, 0.5) is 0 Å². The summed E-state index contributed by atoms with van der Waals surface area (Å²) in [4.78, 5) is 0. The molecular weight excluding hydrogens is 595 g/mol. The molecule has 11 rings (SSSR count). The summed E-state index contributed by atoms with van der Waals surface area (Å²) in [6.45, 7) is 0. The number of benzene rings is 8. The van der Waals surface area contributed by atoms with E-state index in [0.29, 0.717) is 0 Å². The van der Waals surface area contributed by atoms with Gasteiger partial charge in [0.25, 0.3) is 0 Å². The van der Waals surface area contributed by atoms with Gasteiger partial charge in [0, 0.05) is 49.1 Å². The maximum Gasteiger partial charge on any atom is 0.0641 e. The summed E-state index contributed by atoms with van der Waals surface area (Å²) in [5.74, 6) is 0. The zero-order valence-corrected chi connectivity index (χ0v) is 26.6. The molecule has 0 aliphatic rings. The first-order chi connectivity index (χ1) is 24.3. The van der Waals surface area contributed by atoms with Crippen LogP contribution in [0.2, 0.25) is 0 Å². The highest BCUT2D eigenvalue weighted by molar-refractivity contribution is 6.26. The van der Waals surface area contributed by atoms with Gasteiger partial charge in [-0.2, -0.15) is 0 Å². The molecule has 0 amide bonds. The lowest BCUT2D eigenvalue weighted by molar-refractivity contribution is 1.17. The number of nitrogens with zero attached hydrogens (tertiary/aromatic N) is 3. The molecular formula is C46H29N3. The zero-order valence-electron chi connectivity index (χ0n) is 26.6. The molecule has 0 saturated heterocycles. The standard InChI is InChI=1S/C46H29N3/c1-2-15-31(16-3-1)47-42-23-11-8-20-37(42)45-44(47)28-26-36-34-18-6-9-21-40(34)48(46(36)45)32-25-27-43-38(29-32)35-19-7-10-22-41(35)49(43)39-24-12-14-30-13-4-5-17-33(30)39/h1-29H. The Hall–Kier alpha value is -6.58. The Balaban J connectivity index is 1.27. The fourth-order valence-corrected chi connectivity index (χ4v) is 8.39. The summed E-state index contributed by atoms with van der Waals surface area (Å²) in [7, 11) is 0. The van der Waals surface area contributed by atoms with E-state index in [-0.39, 0.29) is 0 Å². The molecule has 3 heterocycles. The van der Waals surface area contributed by atoms with Crippen molar-refractivity contribution in [3.05, 3.63) is 176 Å². The Morgan fingerprint density at radius 3 is 1.65 bits per heavy atom. The van der Waals surface area contributed by atoms with Crippen LogP contribution in [-0.4, -0.2) is 13.7 Å². The molecule has 0 saturated carbocycles. The van der Waals surface area contributed by atoms with E-state index in [1.54, 1.807) is 0 Å². The maximum atomic E-state index is 2.50. The van der Waals surface area contributed by atoms with Gasteiger partial charge in [-0.15, -0.1) is 0 Å². The highest BCUT2D eigenvalue weighted by Gasteiger charge is 2.22. The Morgan fingerprint density at radius 1 is 0.286 bits per heavy atom. The molecule has 11 aromatic rings. The SMILES string of the molecule is c1ccc(-n2c3ccccc3c3c2ccc2c4ccccc4n(-c4ccc5c(c4)c4ccccc4n5-c4cccc5ccccc45)c23)cc1. The van der Waals surface area contributed by atoms with Crippen LogP contribution in [0.15, 0.2) is 176 Å². The third-order valence-electron chi connectivity index (χ3n) is 10.4. The van der Waals surface area contributed by atoms with Crippen LogP contribution < -0.4 is 0 Å². The van der Waals surface area contributed by atoms with E-state index in [2.05, 4.69) is 190 Å². The van der Waals surface area contributed by atoms with Gasteiger partial charge < -0.3 is 13.7 Å². The summed E-state index contributed by atoms with van der Waals surface area (Å²) >= 11 is 0. The largest absolute Gasteiger partial charge is 0.309 e. The van der Waals surface area contributed by atoms with Crippen LogP contribution in [0.3, 0.4) is 0 Å². The lowest BCUT2D eigenvalue weighted by Crippen LogP contribution is -1.97. The van der Waals surface area contributed by atoms with Crippen LogP contribution >= 0.6 is 0 Å². The van der Waals surface area contributed by atoms with Crippen molar-refractivity contribution in [2.45, 2.75) is 0 Å². The van der Waals surface area contributed by atoms with E-state index in [4.69, 9.17) is 0 Å². The van der Waals surface area contributed by atoms with Crippen molar-refractivity contribution in [1.82, 2.24) is 13.7 Å². The average molecular weight is 624 g/mol. The first-order valence-corrected chi connectivity index (χ1v) is 16.9. The van der Waals surface area contributed by atoms with E-state index in [0.717, 1.165) is 5.69 Å². The van der Waals surface area contributed by atoms with Crippen LogP contribution in [0.5, 0.6) is 0 Å². The number of rotatable bonds is 3. The molecule has 0 fully saturated rings. The fourth-order valence-electron chi connectivity index (χ4n) is 8.39. The minimum Gasteiger partial charge on any atom is -0.309 e. The molecule has 0 N–H and O–H groups in total. The highest BCUT2D eigenvalue weighted by atomic mass is 15.0. The molecule has 49 heavy (non-hydrogen) atoms. The molecule has 8 aromatic carbocycles. The lowest BCUT2D eigenvalue weighted by atomic mass is 10.1. The van der Waals surface area contributed by atoms with Gasteiger partial charge in [0.15, 0.2) is 0 Å². The summed E-state index contributed by atoms with van der Waals surface area (Å²) in [6.07, 6.45) is 0. The van der Waals surface area contributed by atoms with E-state index in [9.17, 15) is 0 Å². The molecule has 0 bridgehead atoms. The third-order valence-corrected chi connectivity index (χ3v) is 10.4. The molecule has 0 atom stereocenters. The molecule has 228 valence electrons. The number of hydrogen-bond donors (Lipinski definition) is 0. The first kappa shape index (κ1) is 26.5. The second kappa shape index (κ2) is 9.96. The molecule has 0 unspecified atom stereocenters. The van der Waals surface area contributed by atoms with Gasteiger partial charge in [0.1, 0.15) is 0 Å². The van der Waals surface area contributed by atoms with Crippen molar-refractivity contribution in [1.29, 1.82) is 0 Å². The van der Waals surface area contributed by atoms with Gasteiger partial charge in [-0.3, -0.25) is 0 Å². The van der Waals surface area contributed by atoms with Gasteiger partial charge in [-0.05, 0) is 66.0 Å². The molecule has 0 spiro atoms. The normalized spacial score (nSPS) is 12.1. The van der Waals surface area contributed by atoms with Crippen LogP contribution in [0, 0.1) is 0 Å². The zero-order chi connectivity index (χ0) is 32.1. The van der Waals surface area contributed by atoms with Crippen LogP contribution in [0.25, 0.3) is 93.3 Å². The summed E-state index contributed by atoms with van der Waals surface area (Å²) < 4.78 is 7.35. The number of para-hydroxylation sites is 4. The Bertz CT molecular complexity index is 3090. The van der Waals surface area contributed by atoms with Crippen LogP contribution in [0.1, 0.15) is 0 Å². The van der Waals surface area contributed by atoms with Crippen LogP contribution in [-0.2, 0) is 0 Å². The third kappa shape index (κ3) is 3.62. The molecule has 3 nitrogen and oxygen atoms in total. The predicted octanol–water partition coefficient (Wildman–Crippen LogP) is 12.1.